The highest BCUT2D eigenvalue weighted by Gasteiger charge is 2.32. The van der Waals surface area contributed by atoms with Crippen LogP contribution in [0.15, 0.2) is 4.99 Å². The molecule has 2 N–H and O–H groups in total. The summed E-state index contributed by atoms with van der Waals surface area (Å²) in [6.07, 6.45) is 5.89. The van der Waals surface area contributed by atoms with E-state index in [9.17, 15) is 4.79 Å². The smallest absolute Gasteiger partial charge is 0.409 e. The first-order valence-corrected chi connectivity index (χ1v) is 10.9. The van der Waals surface area contributed by atoms with E-state index in [4.69, 9.17) is 14.5 Å². The van der Waals surface area contributed by atoms with Crippen LogP contribution >= 0.6 is 35.7 Å². The zero-order valence-electron chi connectivity index (χ0n) is 16.8. The Morgan fingerprint density at radius 3 is 2.52 bits per heavy atom. The summed E-state index contributed by atoms with van der Waals surface area (Å²) in [6, 6.07) is 0.332. The second-order valence-electron chi connectivity index (χ2n) is 6.80. The van der Waals surface area contributed by atoms with Crippen molar-refractivity contribution in [3.8, 4) is 0 Å². The lowest BCUT2D eigenvalue weighted by Crippen LogP contribution is -2.50. The number of carbonyl (C=O) groups is 1. The van der Waals surface area contributed by atoms with E-state index >= 15 is 0 Å². The van der Waals surface area contributed by atoms with Crippen molar-refractivity contribution in [1.82, 2.24) is 15.5 Å². The monoisotopic (exact) mass is 514 g/mol. The Morgan fingerprint density at radius 2 is 1.96 bits per heavy atom. The van der Waals surface area contributed by atoms with Crippen molar-refractivity contribution in [1.29, 1.82) is 0 Å². The number of carbonyl (C=O) groups excluding carboxylic acids is 1. The number of thioether (sulfide) groups is 1. The van der Waals surface area contributed by atoms with Crippen LogP contribution in [0.25, 0.3) is 0 Å². The van der Waals surface area contributed by atoms with Crippen LogP contribution in [-0.4, -0.2) is 80.0 Å². The molecule has 27 heavy (non-hydrogen) atoms. The highest BCUT2D eigenvalue weighted by atomic mass is 127. The van der Waals surface area contributed by atoms with Crippen LogP contribution in [0.3, 0.4) is 0 Å². The molecule has 2 saturated heterocycles. The van der Waals surface area contributed by atoms with Crippen molar-refractivity contribution in [2.24, 2.45) is 4.99 Å². The van der Waals surface area contributed by atoms with E-state index in [1.165, 1.54) is 0 Å². The van der Waals surface area contributed by atoms with Crippen LogP contribution in [0.5, 0.6) is 0 Å². The Kier molecular flexibility index (Phi) is 11.8. The molecule has 0 spiro atoms. The number of hydrogen-bond donors (Lipinski definition) is 2. The summed E-state index contributed by atoms with van der Waals surface area (Å²) in [5, 5.41) is 6.91. The number of hydrogen-bond acceptors (Lipinski definition) is 5. The zero-order valence-corrected chi connectivity index (χ0v) is 19.9. The molecule has 2 rings (SSSR count). The van der Waals surface area contributed by atoms with Gasteiger partial charge in [0.15, 0.2) is 5.96 Å². The first kappa shape index (κ1) is 24.6. The van der Waals surface area contributed by atoms with Gasteiger partial charge in [-0.2, -0.15) is 11.8 Å². The van der Waals surface area contributed by atoms with Crippen LogP contribution in [0.2, 0.25) is 0 Å². The molecule has 2 heterocycles. The van der Waals surface area contributed by atoms with Gasteiger partial charge >= 0.3 is 6.09 Å². The maximum Gasteiger partial charge on any atom is 0.409 e. The van der Waals surface area contributed by atoms with E-state index in [1.807, 2.05) is 18.7 Å². The van der Waals surface area contributed by atoms with Gasteiger partial charge in [-0.05, 0) is 45.8 Å². The summed E-state index contributed by atoms with van der Waals surface area (Å²) in [4.78, 5) is 18.5. The standard InChI is InChI=1S/C18H34N4O3S.HI/c1-4-19-16(20-14-18(26-3)8-12-24-13-9-18)21-15-6-10-22(11-7-15)17(23)25-5-2;/h15H,4-14H2,1-3H3,(H2,19,20,21);1H. The van der Waals surface area contributed by atoms with Gasteiger partial charge in [-0.3, -0.25) is 4.99 Å². The molecule has 0 aliphatic carbocycles. The highest BCUT2D eigenvalue weighted by Crippen LogP contribution is 2.34. The second kappa shape index (κ2) is 12.9. The minimum absolute atomic E-state index is 0. The van der Waals surface area contributed by atoms with Gasteiger partial charge < -0.3 is 25.0 Å². The molecule has 0 aromatic carbocycles. The number of rotatable bonds is 6. The fourth-order valence-corrected chi connectivity index (χ4v) is 4.10. The summed E-state index contributed by atoms with van der Waals surface area (Å²) in [5.74, 6) is 0.877. The topological polar surface area (TPSA) is 75.2 Å². The van der Waals surface area contributed by atoms with Crippen molar-refractivity contribution in [3.63, 3.8) is 0 Å². The fourth-order valence-electron chi connectivity index (χ4n) is 3.33. The first-order chi connectivity index (χ1) is 12.6. The predicted octanol–water partition coefficient (Wildman–Crippen LogP) is 2.69. The lowest BCUT2D eigenvalue weighted by atomic mass is 9.99. The van der Waals surface area contributed by atoms with Crippen molar-refractivity contribution in [3.05, 3.63) is 0 Å². The molecular formula is C18H35IN4O3S. The lowest BCUT2D eigenvalue weighted by Gasteiger charge is -2.35. The molecule has 2 aliphatic heterocycles. The molecule has 2 aliphatic rings. The molecule has 158 valence electrons. The number of nitrogens with one attached hydrogen (secondary N) is 2. The van der Waals surface area contributed by atoms with E-state index in [0.29, 0.717) is 12.6 Å². The minimum atomic E-state index is -0.201. The Balaban J connectivity index is 0.00000364. The Bertz CT molecular complexity index is 468. The van der Waals surface area contributed by atoms with Gasteiger partial charge in [0.25, 0.3) is 0 Å². The average Bonchev–Trinajstić information content (AvgIpc) is 2.68. The molecule has 0 unspecified atom stereocenters. The summed E-state index contributed by atoms with van der Waals surface area (Å²) in [6.45, 7) is 9.08. The van der Waals surface area contributed by atoms with Crippen molar-refractivity contribution in [2.45, 2.75) is 50.3 Å². The number of halogens is 1. The first-order valence-electron chi connectivity index (χ1n) is 9.72. The number of amides is 1. The number of piperidine rings is 1. The van der Waals surface area contributed by atoms with E-state index < -0.39 is 0 Å². The van der Waals surface area contributed by atoms with Crippen LogP contribution in [-0.2, 0) is 9.47 Å². The van der Waals surface area contributed by atoms with Gasteiger partial charge in [0, 0.05) is 43.6 Å². The van der Waals surface area contributed by atoms with Gasteiger partial charge in [0.05, 0.1) is 13.2 Å². The normalized spacial score (nSPS) is 20.6. The Morgan fingerprint density at radius 1 is 1.30 bits per heavy atom. The predicted molar refractivity (Wildman–Crippen MR) is 122 cm³/mol. The molecule has 0 radical (unpaired) electrons. The minimum Gasteiger partial charge on any atom is -0.450 e. The molecule has 1 amide bonds. The number of ether oxygens (including phenoxy) is 2. The van der Waals surface area contributed by atoms with Crippen molar-refractivity contribution < 1.29 is 14.3 Å². The number of aliphatic imine (C=N–C) groups is 1. The third-order valence-corrected chi connectivity index (χ3v) is 6.47. The molecule has 0 aromatic rings. The quantitative estimate of drug-likeness (QED) is 0.323. The Hall–Kier alpha value is -0.420. The average molecular weight is 514 g/mol. The molecule has 0 atom stereocenters. The molecular weight excluding hydrogens is 479 g/mol. The van der Waals surface area contributed by atoms with Gasteiger partial charge in [0.1, 0.15) is 0 Å². The largest absolute Gasteiger partial charge is 0.450 e. The van der Waals surface area contributed by atoms with Gasteiger partial charge in [0.2, 0.25) is 0 Å². The van der Waals surface area contributed by atoms with E-state index in [0.717, 1.165) is 71.0 Å². The molecule has 0 aromatic heterocycles. The number of guanidine groups is 1. The van der Waals surface area contributed by atoms with Crippen molar-refractivity contribution in [2.75, 3.05) is 52.3 Å². The number of likely N-dealkylation sites (tertiary alicyclic amines) is 1. The van der Waals surface area contributed by atoms with Crippen LogP contribution in [0, 0.1) is 0 Å². The SMILES string of the molecule is CCNC(=NCC1(SC)CCOCC1)NC1CCN(C(=O)OCC)CC1.I. The summed E-state index contributed by atoms with van der Waals surface area (Å²) < 4.78 is 10.8. The van der Waals surface area contributed by atoms with Gasteiger partial charge in [-0.15, -0.1) is 24.0 Å². The van der Waals surface area contributed by atoms with E-state index in [1.54, 1.807) is 4.90 Å². The third kappa shape index (κ3) is 7.84. The van der Waals surface area contributed by atoms with Crippen molar-refractivity contribution >= 4 is 47.8 Å². The maximum absolute atomic E-state index is 11.8. The van der Waals surface area contributed by atoms with Crippen LogP contribution in [0.1, 0.15) is 39.5 Å². The second-order valence-corrected chi connectivity index (χ2v) is 8.07. The van der Waals surface area contributed by atoms with Crippen LogP contribution in [0.4, 0.5) is 4.79 Å². The summed E-state index contributed by atoms with van der Waals surface area (Å²) >= 11 is 1.91. The zero-order chi connectivity index (χ0) is 18.8. The summed E-state index contributed by atoms with van der Waals surface area (Å²) in [7, 11) is 0. The molecule has 9 heteroatoms. The molecule has 0 bridgehead atoms. The highest BCUT2D eigenvalue weighted by molar-refractivity contribution is 14.0. The summed E-state index contributed by atoms with van der Waals surface area (Å²) in [5.41, 5.74) is 0. The third-order valence-electron chi connectivity index (χ3n) is 5.07. The maximum atomic E-state index is 11.8. The molecule has 7 nitrogen and oxygen atoms in total. The van der Waals surface area contributed by atoms with Crippen LogP contribution < -0.4 is 10.6 Å². The molecule has 2 fully saturated rings. The fraction of sp³-hybridized carbons (Fsp3) is 0.889. The van der Waals surface area contributed by atoms with E-state index in [2.05, 4.69) is 23.8 Å². The van der Waals surface area contributed by atoms with Gasteiger partial charge in [-0.1, -0.05) is 0 Å². The number of nitrogens with zero attached hydrogens (tertiary/aromatic N) is 2. The van der Waals surface area contributed by atoms with Gasteiger partial charge in [-0.25, -0.2) is 4.79 Å². The lowest BCUT2D eigenvalue weighted by molar-refractivity contribution is 0.0793. The molecule has 0 saturated carbocycles. The van der Waals surface area contributed by atoms with E-state index in [-0.39, 0.29) is 34.8 Å². The Labute approximate surface area is 184 Å².